The van der Waals surface area contributed by atoms with Gasteiger partial charge in [0.05, 0.1) is 5.56 Å². The number of pyridine rings is 1. The highest BCUT2D eigenvalue weighted by atomic mass is 19.4. The second kappa shape index (κ2) is 10.2. The predicted octanol–water partition coefficient (Wildman–Crippen LogP) is 4.57. The van der Waals surface area contributed by atoms with Crippen LogP contribution in [0.2, 0.25) is 0 Å². The Morgan fingerprint density at radius 2 is 1.79 bits per heavy atom. The average Bonchev–Trinajstić information content (AvgIpc) is 2.73. The van der Waals surface area contributed by atoms with Crippen molar-refractivity contribution >= 4 is 11.6 Å². The average molecular weight is 479 g/mol. The molecule has 1 aliphatic carbocycles. The van der Waals surface area contributed by atoms with Gasteiger partial charge in [-0.25, -0.2) is 0 Å². The van der Waals surface area contributed by atoms with Crippen LogP contribution in [0.4, 0.5) is 18.9 Å². The van der Waals surface area contributed by atoms with Crippen LogP contribution in [0, 0.1) is 26.7 Å². The van der Waals surface area contributed by atoms with Crippen LogP contribution in [-0.2, 0) is 12.7 Å². The number of aromatic nitrogens is 1. The van der Waals surface area contributed by atoms with Crippen molar-refractivity contribution in [2.24, 2.45) is 11.7 Å². The maximum absolute atomic E-state index is 13.7. The number of H-pyrrole nitrogens is 1. The Kier molecular flexibility index (Phi) is 7.75. The Hall–Kier alpha value is -2.81. The van der Waals surface area contributed by atoms with E-state index in [-0.39, 0.29) is 35.4 Å². The second-order valence-electron chi connectivity index (χ2n) is 9.43. The van der Waals surface area contributed by atoms with E-state index in [4.69, 9.17) is 5.73 Å². The third-order valence-corrected chi connectivity index (χ3v) is 6.81. The van der Waals surface area contributed by atoms with E-state index in [9.17, 15) is 22.8 Å². The Morgan fingerprint density at radius 3 is 2.38 bits per heavy atom. The van der Waals surface area contributed by atoms with Gasteiger partial charge in [-0.05, 0) is 88.6 Å². The van der Waals surface area contributed by atoms with E-state index in [0.29, 0.717) is 28.3 Å². The molecule has 1 amide bonds. The van der Waals surface area contributed by atoms with Crippen molar-refractivity contribution in [1.82, 2.24) is 10.3 Å². The summed E-state index contributed by atoms with van der Waals surface area (Å²) in [5, 5.41) is 5.84. The maximum Gasteiger partial charge on any atom is 0.416 e. The summed E-state index contributed by atoms with van der Waals surface area (Å²) in [5.74, 6) is -0.371. The fourth-order valence-corrected chi connectivity index (χ4v) is 4.64. The molecule has 1 saturated carbocycles. The number of hydrogen-bond acceptors (Lipinski definition) is 4. The van der Waals surface area contributed by atoms with Gasteiger partial charge >= 0.3 is 6.18 Å². The monoisotopic (exact) mass is 478 g/mol. The molecule has 0 saturated heterocycles. The number of anilines is 1. The van der Waals surface area contributed by atoms with E-state index >= 15 is 0 Å². The fourth-order valence-electron chi connectivity index (χ4n) is 4.64. The Morgan fingerprint density at radius 1 is 1.15 bits per heavy atom. The van der Waals surface area contributed by atoms with Gasteiger partial charge in [0.25, 0.3) is 11.5 Å². The summed E-state index contributed by atoms with van der Waals surface area (Å²) in [6, 6.07) is 3.82. The van der Waals surface area contributed by atoms with Crippen molar-refractivity contribution in [3.05, 3.63) is 62.1 Å². The van der Waals surface area contributed by atoms with Crippen molar-refractivity contribution in [2.75, 3.05) is 5.32 Å². The molecule has 6 nitrogen and oxygen atoms in total. The molecule has 1 unspecified atom stereocenters. The van der Waals surface area contributed by atoms with Crippen LogP contribution in [0.15, 0.2) is 23.0 Å². The van der Waals surface area contributed by atoms with Crippen molar-refractivity contribution in [1.29, 1.82) is 0 Å². The lowest BCUT2D eigenvalue weighted by Crippen LogP contribution is -2.34. The summed E-state index contributed by atoms with van der Waals surface area (Å²) in [7, 11) is 0. The number of amides is 1. The van der Waals surface area contributed by atoms with Crippen LogP contribution in [0.1, 0.15) is 70.9 Å². The molecule has 0 radical (unpaired) electrons. The van der Waals surface area contributed by atoms with Crippen molar-refractivity contribution in [2.45, 2.75) is 78.2 Å². The number of nitrogens with two attached hydrogens (primary N) is 1. The van der Waals surface area contributed by atoms with Gasteiger partial charge in [-0.2, -0.15) is 13.2 Å². The van der Waals surface area contributed by atoms with E-state index in [1.54, 1.807) is 26.8 Å². The molecule has 1 aromatic heterocycles. The molecule has 5 N–H and O–H groups in total. The van der Waals surface area contributed by atoms with Crippen LogP contribution < -0.4 is 21.9 Å². The number of aryl methyl sites for hydroxylation is 2. The number of alkyl halides is 3. The summed E-state index contributed by atoms with van der Waals surface area (Å²) >= 11 is 0. The molecule has 1 aliphatic rings. The topological polar surface area (TPSA) is 100 Å². The minimum Gasteiger partial charge on any atom is -0.382 e. The van der Waals surface area contributed by atoms with Crippen LogP contribution >= 0.6 is 0 Å². The molecular formula is C25H33F3N4O2. The zero-order chi connectivity index (χ0) is 25.2. The first-order valence-electron chi connectivity index (χ1n) is 11.6. The molecule has 0 spiro atoms. The molecule has 1 heterocycles. The third kappa shape index (κ3) is 6.00. The molecule has 3 rings (SSSR count). The van der Waals surface area contributed by atoms with Gasteiger partial charge in [0.2, 0.25) is 0 Å². The van der Waals surface area contributed by atoms with Gasteiger partial charge < -0.3 is 21.4 Å². The van der Waals surface area contributed by atoms with Gasteiger partial charge in [0.1, 0.15) is 0 Å². The van der Waals surface area contributed by atoms with E-state index in [1.165, 1.54) is 0 Å². The lowest BCUT2D eigenvalue weighted by atomic mass is 9.82. The number of carbonyl (C=O) groups excluding carboxylic acids is 1. The molecule has 34 heavy (non-hydrogen) atoms. The smallest absolute Gasteiger partial charge is 0.382 e. The summed E-state index contributed by atoms with van der Waals surface area (Å²) in [6.45, 7) is 7.00. The van der Waals surface area contributed by atoms with E-state index in [0.717, 1.165) is 37.8 Å². The van der Waals surface area contributed by atoms with Crippen LogP contribution in [0.3, 0.4) is 0 Å². The minimum absolute atomic E-state index is 0.0700. The molecule has 2 aromatic rings. The van der Waals surface area contributed by atoms with Gasteiger partial charge in [0, 0.05) is 41.1 Å². The van der Waals surface area contributed by atoms with Crippen LogP contribution in [-0.4, -0.2) is 23.0 Å². The predicted molar refractivity (Wildman–Crippen MR) is 127 cm³/mol. The minimum atomic E-state index is -4.61. The molecule has 1 fully saturated rings. The highest BCUT2D eigenvalue weighted by Gasteiger charge is 2.33. The third-order valence-electron chi connectivity index (χ3n) is 6.81. The van der Waals surface area contributed by atoms with Gasteiger partial charge in [-0.1, -0.05) is 0 Å². The van der Waals surface area contributed by atoms with Gasteiger partial charge in [-0.15, -0.1) is 0 Å². The number of benzene rings is 1. The van der Waals surface area contributed by atoms with Crippen LogP contribution in [0.25, 0.3) is 0 Å². The number of aromatic amines is 1. The van der Waals surface area contributed by atoms with Crippen molar-refractivity contribution in [3.63, 3.8) is 0 Å². The van der Waals surface area contributed by atoms with E-state index in [2.05, 4.69) is 15.6 Å². The standard InChI is InChI=1S/C25H33F3N4O2/c1-13-9-14(2)31-24(34)21(13)12-30-23(33)20-10-18(25(26,27)28)11-22(15(20)3)32-16(4)17-5-7-19(29)8-6-17/h9-11,16-17,19,32H,5-8,12,29H2,1-4H3,(H,30,33)(H,31,34). The zero-order valence-corrected chi connectivity index (χ0v) is 20.0. The number of hydrogen-bond donors (Lipinski definition) is 4. The largest absolute Gasteiger partial charge is 0.416 e. The highest BCUT2D eigenvalue weighted by molar-refractivity contribution is 5.97. The summed E-state index contributed by atoms with van der Waals surface area (Å²) in [6.07, 6.45) is -1.01. The molecule has 0 bridgehead atoms. The molecule has 1 atom stereocenters. The number of nitrogens with one attached hydrogen (secondary N) is 3. The molecule has 9 heteroatoms. The fraction of sp³-hybridized carbons (Fsp3) is 0.520. The zero-order valence-electron chi connectivity index (χ0n) is 20.0. The molecule has 0 aliphatic heterocycles. The maximum atomic E-state index is 13.7. The number of rotatable bonds is 6. The van der Waals surface area contributed by atoms with Crippen LogP contribution in [0.5, 0.6) is 0 Å². The Bertz CT molecular complexity index is 1100. The molecule has 1 aromatic carbocycles. The van der Waals surface area contributed by atoms with Gasteiger partial charge in [0.15, 0.2) is 0 Å². The van der Waals surface area contributed by atoms with Gasteiger partial charge in [-0.3, -0.25) is 9.59 Å². The summed E-state index contributed by atoms with van der Waals surface area (Å²) in [5.41, 5.74) is 7.15. The van der Waals surface area contributed by atoms with E-state index < -0.39 is 17.6 Å². The first-order chi connectivity index (χ1) is 15.9. The number of carbonyl (C=O) groups is 1. The van der Waals surface area contributed by atoms with Crippen molar-refractivity contribution < 1.29 is 18.0 Å². The Balaban J connectivity index is 1.86. The number of halogens is 3. The highest BCUT2D eigenvalue weighted by Crippen LogP contribution is 2.35. The normalized spacial score (nSPS) is 19.5. The lowest BCUT2D eigenvalue weighted by Gasteiger charge is -2.32. The quantitative estimate of drug-likeness (QED) is 0.489. The Labute approximate surface area is 197 Å². The van der Waals surface area contributed by atoms with E-state index in [1.807, 2.05) is 6.92 Å². The second-order valence-corrected chi connectivity index (χ2v) is 9.43. The summed E-state index contributed by atoms with van der Waals surface area (Å²) < 4.78 is 41.0. The summed E-state index contributed by atoms with van der Waals surface area (Å²) in [4.78, 5) is 27.9. The first-order valence-corrected chi connectivity index (χ1v) is 11.6. The van der Waals surface area contributed by atoms with Crippen molar-refractivity contribution in [3.8, 4) is 0 Å². The molecule has 186 valence electrons. The first kappa shape index (κ1) is 25.8. The lowest BCUT2D eigenvalue weighted by molar-refractivity contribution is -0.137. The molecular weight excluding hydrogens is 445 g/mol. The SMILES string of the molecule is Cc1cc(C)c(CNC(=O)c2cc(C(F)(F)F)cc(NC(C)C3CCC(N)CC3)c2C)c(=O)[nH]1.